The molecule has 31 heteroatoms. The van der Waals surface area contributed by atoms with Crippen LogP contribution in [-0.2, 0) is 35.3 Å². The fraction of sp³-hybridized carbons (Fsp3) is 0.393. The van der Waals surface area contributed by atoms with E-state index in [1.165, 1.54) is 48.2 Å². The van der Waals surface area contributed by atoms with E-state index in [0.717, 1.165) is 34.0 Å². The number of aryl methyl sites for hydroxylation is 1. The Morgan fingerprint density at radius 1 is 0.685 bits per heavy atom. The predicted octanol–water partition coefficient (Wildman–Crippen LogP) is 9.18. The fourth-order valence-corrected chi connectivity index (χ4v) is 16.1. The molecular formula is C61H65N13O12S6. The number of carbonyl (C=O) groups is 8. The lowest BCUT2D eigenvalue weighted by Gasteiger charge is -2.28. The van der Waals surface area contributed by atoms with Crippen molar-refractivity contribution in [1.82, 2.24) is 61.5 Å². The van der Waals surface area contributed by atoms with Crippen molar-refractivity contribution in [1.29, 1.82) is 0 Å². The van der Waals surface area contributed by atoms with Gasteiger partial charge in [0.2, 0.25) is 17.7 Å². The summed E-state index contributed by atoms with van der Waals surface area (Å²) in [5, 5.41) is 54.1. The van der Waals surface area contributed by atoms with E-state index >= 15 is 0 Å². The highest BCUT2D eigenvalue weighted by molar-refractivity contribution is 7.15. The summed E-state index contributed by atoms with van der Waals surface area (Å²) in [6.07, 6.45) is 1.38. The maximum Gasteiger partial charge on any atom is 0.306 e. The summed E-state index contributed by atoms with van der Waals surface area (Å²) in [5.41, 5.74) is 2.50. The number of methoxy groups -OCH3 is 1. The molecule has 1 unspecified atom stereocenters. The Morgan fingerprint density at radius 2 is 1.39 bits per heavy atom. The number of hydrogen-bond acceptors (Lipinski definition) is 23. The molecule has 1 saturated carbocycles. The minimum absolute atomic E-state index is 0.00201. The number of aromatic nitrogens is 7. The summed E-state index contributed by atoms with van der Waals surface area (Å²) >= 11 is 7.11. The van der Waals surface area contributed by atoms with E-state index in [2.05, 4.69) is 26.6 Å². The lowest BCUT2D eigenvalue weighted by molar-refractivity contribution is -0.143. The third kappa shape index (κ3) is 15.8. The number of nitrogens with zero attached hydrogens (tertiary/aromatic N) is 8. The normalized spacial score (nSPS) is 18.4. The average Bonchev–Trinajstić information content (AvgIpc) is 1.62. The number of aliphatic hydroxyl groups excluding tert-OH is 1. The Hall–Kier alpha value is -8.17. The second kappa shape index (κ2) is 30.1. The summed E-state index contributed by atoms with van der Waals surface area (Å²) < 4.78 is 5.46. The highest BCUT2D eigenvalue weighted by Crippen LogP contribution is 2.41. The topological polar surface area (TPSA) is 360 Å². The summed E-state index contributed by atoms with van der Waals surface area (Å²) in [4.78, 5) is 144. The molecule has 1 aliphatic heterocycles. The summed E-state index contributed by atoms with van der Waals surface area (Å²) in [7, 11) is 2.93. The monoisotopic (exact) mass is 1360 g/mol. The number of nitrogens with one attached hydrogen (secondary N) is 5. The van der Waals surface area contributed by atoms with Crippen LogP contribution in [-0.4, -0.2) is 125 Å². The zero-order valence-corrected chi connectivity index (χ0v) is 55.3. The SMILES string of the molecule is CNC(=O)C[C@@H]1NC(=O)c2csc(n2)-c2ccc(-c3nc(N(CCCCC(=O)O)C(=O)C[C@H]4CC[C@H](C(=O)O)CC4)cs3)nc2-c2csc(n2)-c2csc(n2)[C@H]([C@@H](O)c2ccccc2)NC(=O)CNC(=O)c2nc(sc2COC)C(C(C)C)NC(=O)c2nc1sc2C. The fourth-order valence-electron chi connectivity index (χ4n) is 10.6. The first-order chi connectivity index (χ1) is 44.2. The molecule has 0 radical (unpaired) electrons. The van der Waals surface area contributed by atoms with Gasteiger partial charge in [-0.15, -0.1) is 68.0 Å². The Bertz CT molecular complexity index is 4020. The first-order valence-corrected chi connectivity index (χ1v) is 34.6. The third-order valence-electron chi connectivity index (χ3n) is 15.5. The van der Waals surface area contributed by atoms with Crippen LogP contribution in [0.5, 0.6) is 0 Å². The number of hydrogen-bond donors (Lipinski definition) is 8. The third-order valence-corrected chi connectivity index (χ3v) is 21.2. The van der Waals surface area contributed by atoms with Gasteiger partial charge < -0.3 is 46.6 Å². The summed E-state index contributed by atoms with van der Waals surface area (Å²) in [6, 6.07) is 9.38. The van der Waals surface area contributed by atoms with Crippen LogP contribution < -0.4 is 31.5 Å². The van der Waals surface area contributed by atoms with E-state index in [0.29, 0.717) is 113 Å². The van der Waals surface area contributed by atoms with Crippen LogP contribution in [0.4, 0.5) is 5.82 Å². The number of carbonyl (C=O) groups excluding carboxylic acids is 6. The number of unbranched alkanes of at least 4 members (excludes halogenated alkanes) is 1. The minimum atomic E-state index is -1.30. The Labute approximate surface area is 551 Å². The minimum Gasteiger partial charge on any atom is -0.481 e. The number of carboxylic acid groups (broad SMARTS) is 2. The standard InChI is InChI=1S/C61H65N13O12S6/c1-29(2)46-60-73-49(40(92-60)24-86-5)53(82)63-23-43(76)70-50(51(80)32-11-7-6-8-12-32)59-68-39(27-89-59)57-66-37(25-88-57)48-34(55-67-38(26-87-55)52(81)65-36(22-42(75)62-4)58-72-47(30(3)91-58)54(83)71-46)18-19-35(64-48)56-69-41(28-90-56)74(20-10-9-13-45(78)79)44(77)21-31-14-16-33(17-15-31)61(84)85/h6-8,11-12,18-19,25-29,31,33,36,46,50-51,80H,9-10,13-17,20-24H2,1-5H3,(H,62,75)(H,63,82)(H,65,81)(H,70,76)(H,71,83)(H,78,79)(H,84,85)/t31-,33-,36-,46?,50-,51-/m0/s1. The number of ether oxygens (including phenoxy) is 1. The number of carboxylic acids is 2. The summed E-state index contributed by atoms with van der Waals surface area (Å²) in [5.74, 6) is -5.36. The second-order valence-corrected chi connectivity index (χ2v) is 28.1. The number of aliphatic carboxylic acids is 2. The summed E-state index contributed by atoms with van der Waals surface area (Å²) in [6.45, 7) is 5.11. The van der Waals surface area contributed by atoms with Gasteiger partial charge in [-0.3, -0.25) is 43.3 Å². The van der Waals surface area contributed by atoms with Gasteiger partial charge in [-0.05, 0) is 75.0 Å². The van der Waals surface area contributed by atoms with Crippen molar-refractivity contribution in [2.75, 3.05) is 32.1 Å². The van der Waals surface area contributed by atoms with Crippen molar-refractivity contribution in [3.05, 3.63) is 111 Å². The number of fused-ring (bicyclic) bond motifs is 14. The van der Waals surface area contributed by atoms with E-state index in [9.17, 15) is 53.7 Å². The molecule has 92 heavy (non-hydrogen) atoms. The molecule has 1 aliphatic carbocycles. The number of rotatable bonds is 17. The smallest absolute Gasteiger partial charge is 0.306 e. The van der Waals surface area contributed by atoms with Gasteiger partial charge in [-0.1, -0.05) is 44.2 Å². The van der Waals surface area contributed by atoms with E-state index < -0.39 is 78.2 Å². The molecule has 8 N–H and O–H groups in total. The number of anilines is 1. The molecule has 0 saturated heterocycles. The van der Waals surface area contributed by atoms with Gasteiger partial charge >= 0.3 is 11.9 Å². The number of thiazole rings is 6. The number of amides is 6. The van der Waals surface area contributed by atoms with Crippen molar-refractivity contribution in [2.45, 2.75) is 109 Å². The van der Waals surface area contributed by atoms with Crippen LogP contribution in [0.1, 0.15) is 158 Å². The zero-order chi connectivity index (χ0) is 65.3. The first kappa shape index (κ1) is 66.7. The average molecular weight is 1360 g/mol. The largest absolute Gasteiger partial charge is 0.481 e. The van der Waals surface area contributed by atoms with Crippen LogP contribution in [0.25, 0.3) is 43.4 Å². The van der Waals surface area contributed by atoms with Crippen molar-refractivity contribution >= 4 is 121 Å². The molecule has 1 fully saturated rings. The van der Waals surface area contributed by atoms with Crippen molar-refractivity contribution < 1.29 is 58.4 Å². The van der Waals surface area contributed by atoms with Crippen LogP contribution in [0.2, 0.25) is 0 Å². The maximum absolute atomic E-state index is 14.4. The molecule has 8 heterocycles. The van der Waals surface area contributed by atoms with Crippen LogP contribution in [0, 0.1) is 24.7 Å². The maximum atomic E-state index is 14.4. The van der Waals surface area contributed by atoms with Crippen molar-refractivity contribution in [3.8, 4) is 43.4 Å². The predicted molar refractivity (Wildman–Crippen MR) is 348 cm³/mol. The number of aliphatic hydroxyl groups is 1. The molecule has 1 aromatic carbocycles. The molecule has 8 aromatic rings. The second-order valence-electron chi connectivity index (χ2n) is 22.3. The molecule has 10 bridgehead atoms. The van der Waals surface area contributed by atoms with Gasteiger partial charge in [0, 0.05) is 65.5 Å². The molecular weight excluding hydrogens is 1300 g/mol. The highest BCUT2D eigenvalue weighted by atomic mass is 32.1. The van der Waals surface area contributed by atoms with Gasteiger partial charge in [-0.25, -0.2) is 34.9 Å². The Morgan fingerprint density at radius 3 is 2.12 bits per heavy atom. The lowest BCUT2D eigenvalue weighted by atomic mass is 9.80. The Kier molecular flexibility index (Phi) is 21.8. The molecule has 7 aromatic heterocycles. The lowest BCUT2D eigenvalue weighted by Crippen LogP contribution is -2.40. The van der Waals surface area contributed by atoms with E-state index in [1.807, 2.05) is 13.8 Å². The van der Waals surface area contributed by atoms with E-state index in [4.69, 9.17) is 39.6 Å². The highest BCUT2D eigenvalue weighted by Gasteiger charge is 2.34. The van der Waals surface area contributed by atoms with Gasteiger partial charge in [-0.2, -0.15) is 0 Å². The molecule has 4 atom stereocenters. The molecule has 25 nitrogen and oxygen atoms in total. The van der Waals surface area contributed by atoms with Crippen LogP contribution in [0.3, 0.4) is 0 Å². The van der Waals surface area contributed by atoms with E-state index in [-0.39, 0.29) is 72.2 Å². The van der Waals surface area contributed by atoms with E-state index in [1.54, 1.807) is 75.8 Å². The molecule has 2 aliphatic rings. The first-order valence-electron chi connectivity index (χ1n) is 29.4. The molecule has 0 spiro atoms. The van der Waals surface area contributed by atoms with Gasteiger partial charge in [0.1, 0.15) is 82.2 Å². The van der Waals surface area contributed by atoms with Crippen molar-refractivity contribution in [3.63, 3.8) is 0 Å². The van der Waals surface area contributed by atoms with Crippen LogP contribution in [0.15, 0.2) is 64.0 Å². The number of pyridine rings is 1. The van der Waals surface area contributed by atoms with Gasteiger partial charge in [0.15, 0.2) is 0 Å². The zero-order valence-electron chi connectivity index (χ0n) is 50.4. The molecule has 482 valence electrons. The molecule has 10 rings (SSSR count). The quantitative estimate of drug-likeness (QED) is 0.0394. The Balaban J connectivity index is 1.03. The number of benzene rings is 1. The van der Waals surface area contributed by atoms with Crippen LogP contribution >= 0.6 is 68.0 Å². The van der Waals surface area contributed by atoms with Gasteiger partial charge in [0.05, 0.1) is 48.1 Å². The van der Waals surface area contributed by atoms with Gasteiger partial charge in [0.25, 0.3) is 17.7 Å². The van der Waals surface area contributed by atoms with Crippen molar-refractivity contribution in [2.24, 2.45) is 17.8 Å². The molecule has 6 amide bonds.